The number of allylic oxidation sites excluding steroid dienone is 6. The van der Waals surface area contributed by atoms with E-state index in [4.69, 9.17) is 5.73 Å². The van der Waals surface area contributed by atoms with Crippen LogP contribution in [0.5, 0.6) is 0 Å². The molecule has 0 radical (unpaired) electrons. The number of hydrogen-bond acceptors (Lipinski definition) is 5. The number of hydrogen-bond donors (Lipinski definition) is 3. The van der Waals surface area contributed by atoms with Crippen LogP contribution in [0, 0.1) is 0 Å². The zero-order valence-electron chi connectivity index (χ0n) is 17.0. The Balaban J connectivity index is 1.92. The summed E-state index contributed by atoms with van der Waals surface area (Å²) in [4.78, 5) is 12.2. The molecule has 0 spiro atoms. The van der Waals surface area contributed by atoms with Gasteiger partial charge < -0.3 is 16.0 Å². The molecule has 4 N–H and O–H groups in total. The van der Waals surface area contributed by atoms with Gasteiger partial charge in [-0.15, -0.1) is 6.58 Å². The Hall–Kier alpha value is -3.68. The van der Waals surface area contributed by atoms with Crippen molar-refractivity contribution in [2.75, 3.05) is 11.9 Å². The summed E-state index contributed by atoms with van der Waals surface area (Å²) in [7, 11) is 0. The average molecular weight is 407 g/mol. The lowest BCUT2D eigenvalue weighted by atomic mass is 10.1. The van der Waals surface area contributed by atoms with Gasteiger partial charge in [0.1, 0.15) is 12.5 Å². The summed E-state index contributed by atoms with van der Waals surface area (Å²) in [5.74, 6) is 1.19. The summed E-state index contributed by atoms with van der Waals surface area (Å²) >= 11 is 0. The van der Waals surface area contributed by atoms with Gasteiger partial charge >= 0.3 is 0 Å². The molecule has 1 unspecified atom stereocenters. The van der Waals surface area contributed by atoms with Gasteiger partial charge in [-0.05, 0) is 36.6 Å². The Bertz CT molecular complexity index is 1040. The van der Waals surface area contributed by atoms with Crippen LogP contribution in [0.2, 0.25) is 0 Å². The first-order valence-electron chi connectivity index (χ1n) is 9.66. The zero-order valence-corrected chi connectivity index (χ0v) is 17.0. The van der Waals surface area contributed by atoms with Crippen LogP contribution in [-0.2, 0) is 0 Å². The molecule has 3 heterocycles. The zero-order chi connectivity index (χ0) is 21.5. The number of alkyl halides is 1. The van der Waals surface area contributed by atoms with E-state index in [1.165, 1.54) is 12.4 Å². The van der Waals surface area contributed by atoms with E-state index in [1.807, 2.05) is 37.4 Å². The normalized spacial score (nSPS) is 14.9. The van der Waals surface area contributed by atoms with Crippen molar-refractivity contribution in [3.8, 4) is 0 Å². The number of aromatic amines is 1. The van der Waals surface area contributed by atoms with Gasteiger partial charge in [-0.25, -0.2) is 19.0 Å². The maximum Gasteiger partial charge on any atom is 0.201 e. The van der Waals surface area contributed by atoms with Gasteiger partial charge in [0.2, 0.25) is 5.95 Å². The van der Waals surface area contributed by atoms with Crippen molar-refractivity contribution in [3.63, 3.8) is 0 Å². The number of aromatic nitrogens is 5. The summed E-state index contributed by atoms with van der Waals surface area (Å²) in [5.41, 5.74) is 9.58. The molecule has 0 amide bonds. The van der Waals surface area contributed by atoms with Gasteiger partial charge in [-0.3, -0.25) is 0 Å². The topological polar surface area (TPSA) is 97.4 Å². The average Bonchev–Trinajstić information content (AvgIpc) is 3.32. The molecule has 0 fully saturated rings. The molecule has 0 aromatic carbocycles. The van der Waals surface area contributed by atoms with Crippen LogP contribution in [0.3, 0.4) is 0 Å². The number of nitrogens with zero attached hydrogens (tertiary/aromatic N) is 4. The van der Waals surface area contributed by atoms with E-state index in [0.717, 1.165) is 5.57 Å². The minimum absolute atomic E-state index is 0.230. The lowest BCUT2D eigenvalue weighted by Gasteiger charge is -2.10. The maximum absolute atomic E-state index is 14.0. The summed E-state index contributed by atoms with van der Waals surface area (Å²) < 4.78 is 15.7. The number of fused-ring (bicyclic) bond motifs is 1. The fourth-order valence-corrected chi connectivity index (χ4v) is 2.94. The van der Waals surface area contributed by atoms with E-state index < -0.39 is 6.17 Å². The number of rotatable bonds is 9. The minimum Gasteiger partial charge on any atom is -0.397 e. The van der Waals surface area contributed by atoms with Crippen molar-refractivity contribution in [3.05, 3.63) is 72.7 Å². The van der Waals surface area contributed by atoms with Crippen molar-refractivity contribution < 1.29 is 4.39 Å². The van der Waals surface area contributed by atoms with E-state index >= 15 is 0 Å². The van der Waals surface area contributed by atoms with E-state index in [2.05, 4.69) is 38.5 Å². The third-order valence-electron chi connectivity index (χ3n) is 4.55. The van der Waals surface area contributed by atoms with Crippen LogP contribution < -0.4 is 11.1 Å². The number of imidazole rings is 1. The molecule has 30 heavy (non-hydrogen) atoms. The van der Waals surface area contributed by atoms with Gasteiger partial charge in [-0.2, -0.15) is 5.10 Å². The lowest BCUT2D eigenvalue weighted by Crippen LogP contribution is -2.13. The van der Waals surface area contributed by atoms with Crippen LogP contribution >= 0.6 is 0 Å². The van der Waals surface area contributed by atoms with Crippen molar-refractivity contribution in [2.24, 2.45) is 5.73 Å². The van der Waals surface area contributed by atoms with Crippen molar-refractivity contribution in [1.82, 2.24) is 24.7 Å². The van der Waals surface area contributed by atoms with E-state index in [9.17, 15) is 4.39 Å². The monoisotopic (exact) mass is 407 g/mol. The highest BCUT2D eigenvalue weighted by Gasteiger charge is 2.18. The lowest BCUT2D eigenvalue weighted by molar-refractivity contribution is 0.384. The number of nitrogens with one attached hydrogen (secondary N) is 2. The highest BCUT2D eigenvalue weighted by molar-refractivity contribution is 5.86. The Morgan fingerprint density at radius 3 is 3.10 bits per heavy atom. The van der Waals surface area contributed by atoms with E-state index in [1.54, 1.807) is 10.8 Å². The summed E-state index contributed by atoms with van der Waals surface area (Å²) in [6.45, 7) is 9.53. The molecule has 0 aliphatic carbocycles. The quantitative estimate of drug-likeness (QED) is 0.428. The number of H-pyrrole nitrogens is 1. The number of anilines is 1. The van der Waals surface area contributed by atoms with Crippen LogP contribution in [0.4, 0.5) is 10.3 Å². The van der Waals surface area contributed by atoms with Crippen LogP contribution in [0.15, 0.2) is 55.4 Å². The van der Waals surface area contributed by atoms with Crippen molar-refractivity contribution in [2.45, 2.75) is 25.9 Å². The standard InChI is InChI=1S/C22H26FN7/c1-4-6-10-18(24)21-20(16-9-7-11-30-19(12-16)26-14-27-30)28-22(29-21)25-13-15(3)17(23)8-5-2/h4-7,10-12,14,17H,2-3,8-9,13,24H2,1H3,(H2,25,28,29)/b6-4-,18-10-. The van der Waals surface area contributed by atoms with Gasteiger partial charge in [0.05, 0.1) is 17.1 Å². The van der Waals surface area contributed by atoms with Crippen molar-refractivity contribution >= 4 is 29.5 Å². The van der Waals surface area contributed by atoms with Gasteiger partial charge in [0.15, 0.2) is 5.82 Å². The SMILES string of the molecule is C=CCC(F)C(=C)CNc1nc(C2=Cc3ncnn3C=CC2)c(/C(N)=C/C=C\C)[nH]1. The summed E-state index contributed by atoms with van der Waals surface area (Å²) in [6, 6.07) is 0. The molecule has 3 rings (SSSR count). The van der Waals surface area contributed by atoms with Gasteiger partial charge in [-0.1, -0.05) is 30.9 Å². The third-order valence-corrected chi connectivity index (χ3v) is 4.55. The number of nitrogens with two attached hydrogens (primary N) is 1. The maximum atomic E-state index is 14.0. The molecule has 0 saturated carbocycles. The Labute approximate surface area is 175 Å². The Kier molecular flexibility index (Phi) is 6.79. The molecule has 0 saturated heterocycles. The van der Waals surface area contributed by atoms with E-state index in [0.29, 0.717) is 40.9 Å². The fourth-order valence-electron chi connectivity index (χ4n) is 2.94. The fraction of sp³-hybridized carbons (Fsp3) is 0.227. The Morgan fingerprint density at radius 2 is 2.33 bits per heavy atom. The van der Waals surface area contributed by atoms with E-state index in [-0.39, 0.29) is 13.0 Å². The molecule has 2 aromatic rings. The van der Waals surface area contributed by atoms with Crippen LogP contribution in [0.25, 0.3) is 23.5 Å². The molecule has 156 valence electrons. The molecule has 0 bridgehead atoms. The predicted molar refractivity (Wildman–Crippen MR) is 121 cm³/mol. The molecule has 7 nitrogen and oxygen atoms in total. The first kappa shape index (κ1) is 21.0. The summed E-state index contributed by atoms with van der Waals surface area (Å²) in [6.07, 6.45) is 14.1. The van der Waals surface area contributed by atoms with Gasteiger partial charge in [0.25, 0.3) is 0 Å². The molecule has 8 heteroatoms. The molecule has 1 aliphatic rings. The molecular formula is C22H26FN7. The second kappa shape index (κ2) is 9.69. The van der Waals surface area contributed by atoms with Crippen LogP contribution in [0.1, 0.15) is 37.0 Å². The predicted octanol–water partition coefficient (Wildman–Crippen LogP) is 4.17. The van der Waals surface area contributed by atoms with Gasteiger partial charge in [0, 0.05) is 19.2 Å². The minimum atomic E-state index is -1.15. The van der Waals surface area contributed by atoms with Crippen molar-refractivity contribution in [1.29, 1.82) is 0 Å². The Morgan fingerprint density at radius 1 is 1.50 bits per heavy atom. The highest BCUT2D eigenvalue weighted by atomic mass is 19.1. The molecule has 2 aromatic heterocycles. The number of halogens is 1. The summed E-state index contributed by atoms with van der Waals surface area (Å²) in [5, 5.41) is 7.27. The third kappa shape index (κ3) is 4.83. The molecular weight excluding hydrogens is 381 g/mol. The largest absolute Gasteiger partial charge is 0.397 e. The van der Waals surface area contributed by atoms with Crippen LogP contribution in [-0.4, -0.2) is 37.4 Å². The smallest absolute Gasteiger partial charge is 0.201 e. The second-order valence-corrected chi connectivity index (χ2v) is 6.78. The molecule has 1 atom stereocenters. The highest BCUT2D eigenvalue weighted by Crippen LogP contribution is 2.29. The second-order valence-electron chi connectivity index (χ2n) is 6.78. The first-order chi connectivity index (χ1) is 14.5. The first-order valence-corrected chi connectivity index (χ1v) is 9.66. The molecule has 1 aliphatic heterocycles.